The van der Waals surface area contributed by atoms with Gasteiger partial charge in [-0.15, -0.1) is 0 Å². The van der Waals surface area contributed by atoms with Crippen LogP contribution < -0.4 is 15.8 Å². The number of sulfonamides is 1. The standard InChI is InChI=1S/C27H24F2N4O4S/c1-17(19-7-4-6-18(14-19)11-12-20-8-2-3-13-30-20)33-22-15-21(28)24(16-23(22)37-27(33)34)38(35,36)32-26-10-5-9-25(29)31-26/h4-7,9-10,14-17,20,30H,2-3,8,13H2,1H3,(H,31,32)/t17-,20?/m1/s1. The Labute approximate surface area is 217 Å². The van der Waals surface area contributed by atoms with Crippen LogP contribution in [-0.4, -0.2) is 30.6 Å². The molecule has 1 aliphatic heterocycles. The first-order valence-corrected chi connectivity index (χ1v) is 13.5. The Morgan fingerprint density at radius 3 is 2.74 bits per heavy atom. The number of hydrogen-bond donors (Lipinski definition) is 2. The largest absolute Gasteiger partial charge is 0.420 e. The summed E-state index contributed by atoms with van der Waals surface area (Å²) in [6, 6.07) is 12.3. The molecule has 196 valence electrons. The third-order valence-corrected chi connectivity index (χ3v) is 7.74. The summed E-state index contributed by atoms with van der Waals surface area (Å²) < 4.78 is 62.6. The number of nitrogens with one attached hydrogen (secondary N) is 2. The third kappa shape index (κ3) is 5.32. The van der Waals surface area contributed by atoms with Gasteiger partial charge in [0.25, 0.3) is 10.0 Å². The lowest BCUT2D eigenvalue weighted by molar-refractivity contribution is 0.464. The van der Waals surface area contributed by atoms with Crippen molar-refractivity contribution in [3.63, 3.8) is 0 Å². The average Bonchev–Trinajstić information content (AvgIpc) is 3.21. The van der Waals surface area contributed by atoms with E-state index in [9.17, 15) is 17.6 Å². The molecule has 0 spiro atoms. The minimum absolute atomic E-state index is 0.0886. The summed E-state index contributed by atoms with van der Waals surface area (Å²) >= 11 is 0. The Bertz CT molecular complexity index is 1730. The van der Waals surface area contributed by atoms with Crippen molar-refractivity contribution in [1.29, 1.82) is 0 Å². The number of hydrogen-bond acceptors (Lipinski definition) is 6. The second-order valence-corrected chi connectivity index (χ2v) is 10.7. The van der Waals surface area contributed by atoms with Gasteiger partial charge in [-0.05, 0) is 62.6 Å². The molecule has 5 rings (SSSR count). The predicted molar refractivity (Wildman–Crippen MR) is 138 cm³/mol. The molecule has 1 saturated heterocycles. The summed E-state index contributed by atoms with van der Waals surface area (Å²) in [7, 11) is -4.50. The van der Waals surface area contributed by atoms with E-state index in [2.05, 4.69) is 22.1 Å². The molecule has 8 nitrogen and oxygen atoms in total. The maximum atomic E-state index is 15.1. The van der Waals surface area contributed by atoms with E-state index in [-0.39, 0.29) is 23.0 Å². The summed E-state index contributed by atoms with van der Waals surface area (Å²) in [6.45, 7) is 2.70. The number of halogens is 2. The molecule has 1 unspecified atom stereocenters. The van der Waals surface area contributed by atoms with Crippen molar-refractivity contribution in [2.24, 2.45) is 0 Å². The number of fused-ring (bicyclic) bond motifs is 1. The lowest BCUT2D eigenvalue weighted by atomic mass is 10.0. The minimum atomic E-state index is -4.50. The van der Waals surface area contributed by atoms with E-state index in [1.165, 1.54) is 16.7 Å². The van der Waals surface area contributed by atoms with Gasteiger partial charge in [-0.2, -0.15) is 4.39 Å². The third-order valence-electron chi connectivity index (χ3n) is 6.37. The number of pyridine rings is 1. The van der Waals surface area contributed by atoms with Gasteiger partial charge in [0.2, 0.25) is 5.95 Å². The van der Waals surface area contributed by atoms with Crippen molar-refractivity contribution in [3.8, 4) is 11.8 Å². The Morgan fingerprint density at radius 1 is 1.16 bits per heavy atom. The number of nitrogens with zero attached hydrogens (tertiary/aromatic N) is 2. The highest BCUT2D eigenvalue weighted by Gasteiger charge is 2.25. The molecule has 11 heteroatoms. The molecule has 1 aliphatic rings. The van der Waals surface area contributed by atoms with Crippen LogP contribution in [-0.2, 0) is 10.0 Å². The van der Waals surface area contributed by atoms with E-state index in [1.807, 2.05) is 29.0 Å². The van der Waals surface area contributed by atoms with Gasteiger partial charge in [-0.1, -0.05) is 30.0 Å². The van der Waals surface area contributed by atoms with Crippen LogP contribution in [0.5, 0.6) is 0 Å². The van der Waals surface area contributed by atoms with Gasteiger partial charge in [0.15, 0.2) is 5.58 Å². The maximum Gasteiger partial charge on any atom is 0.420 e. The molecule has 0 amide bonds. The predicted octanol–water partition coefficient (Wildman–Crippen LogP) is 4.17. The first-order chi connectivity index (χ1) is 18.2. The van der Waals surface area contributed by atoms with Gasteiger partial charge in [-0.25, -0.2) is 22.6 Å². The number of anilines is 1. The van der Waals surface area contributed by atoms with Crippen LogP contribution in [0, 0.1) is 23.6 Å². The Balaban J connectivity index is 1.46. The van der Waals surface area contributed by atoms with Crippen LogP contribution in [0.3, 0.4) is 0 Å². The normalized spacial score (nSPS) is 16.6. The second-order valence-electron chi connectivity index (χ2n) is 9.01. The highest BCUT2D eigenvalue weighted by atomic mass is 32.2. The fourth-order valence-electron chi connectivity index (χ4n) is 4.44. The first-order valence-electron chi connectivity index (χ1n) is 12.1. The van der Waals surface area contributed by atoms with Gasteiger partial charge < -0.3 is 9.73 Å². The van der Waals surface area contributed by atoms with Crippen molar-refractivity contribution >= 4 is 26.9 Å². The molecule has 0 radical (unpaired) electrons. The van der Waals surface area contributed by atoms with Crippen molar-refractivity contribution < 1.29 is 21.6 Å². The van der Waals surface area contributed by atoms with Crippen LogP contribution in [0.15, 0.2) is 68.7 Å². The minimum Gasteiger partial charge on any atom is -0.408 e. The summed E-state index contributed by atoms with van der Waals surface area (Å²) in [6.07, 6.45) is 3.28. The zero-order valence-corrected chi connectivity index (χ0v) is 21.2. The number of piperidine rings is 1. The highest BCUT2D eigenvalue weighted by Crippen LogP contribution is 2.28. The average molecular weight is 539 g/mol. The van der Waals surface area contributed by atoms with Crippen LogP contribution >= 0.6 is 0 Å². The molecule has 0 bridgehead atoms. The molecule has 1 fully saturated rings. The molecule has 2 aromatic carbocycles. The van der Waals surface area contributed by atoms with Gasteiger partial charge in [0, 0.05) is 17.7 Å². The van der Waals surface area contributed by atoms with E-state index < -0.39 is 38.5 Å². The van der Waals surface area contributed by atoms with Crippen molar-refractivity contribution in [1.82, 2.24) is 14.9 Å². The number of aromatic nitrogens is 2. The molecular weight excluding hydrogens is 514 g/mol. The summed E-state index contributed by atoms with van der Waals surface area (Å²) in [5.41, 5.74) is 1.49. The Hall–Kier alpha value is -4.01. The molecule has 0 saturated carbocycles. The zero-order chi connectivity index (χ0) is 26.9. The van der Waals surface area contributed by atoms with E-state index in [0.717, 1.165) is 55.1 Å². The first kappa shape index (κ1) is 25.6. The summed E-state index contributed by atoms with van der Waals surface area (Å²) in [5, 5.41) is 3.38. The molecule has 0 aliphatic carbocycles. The highest BCUT2D eigenvalue weighted by molar-refractivity contribution is 7.92. The molecule has 2 aromatic heterocycles. The lowest BCUT2D eigenvalue weighted by Gasteiger charge is -2.18. The zero-order valence-electron chi connectivity index (χ0n) is 20.4. The van der Waals surface area contributed by atoms with E-state index in [1.54, 1.807) is 6.92 Å². The second kappa shape index (κ2) is 10.4. The van der Waals surface area contributed by atoms with Gasteiger partial charge in [-0.3, -0.25) is 9.29 Å². The monoisotopic (exact) mass is 538 g/mol. The molecule has 3 heterocycles. The van der Waals surface area contributed by atoms with Crippen LogP contribution in [0.4, 0.5) is 14.6 Å². The fourth-order valence-corrected chi connectivity index (χ4v) is 5.51. The SMILES string of the molecule is C[C@H](c1cccc(C#CC2CCCCN2)c1)n1c(=O)oc2cc(S(=O)(=O)Nc3cccc(F)n3)c(F)cc21. The molecule has 38 heavy (non-hydrogen) atoms. The summed E-state index contributed by atoms with van der Waals surface area (Å²) in [4.78, 5) is 15.5. The quantitative estimate of drug-likeness (QED) is 0.292. The molecule has 2 N–H and O–H groups in total. The lowest BCUT2D eigenvalue weighted by Crippen LogP contribution is -2.32. The van der Waals surface area contributed by atoms with Gasteiger partial charge in [0.05, 0.1) is 17.6 Å². The maximum absolute atomic E-state index is 15.1. The van der Waals surface area contributed by atoms with Crippen molar-refractivity contribution in [3.05, 3.63) is 88.0 Å². The van der Waals surface area contributed by atoms with E-state index in [0.29, 0.717) is 0 Å². The molecule has 2 atom stereocenters. The Morgan fingerprint density at radius 2 is 1.97 bits per heavy atom. The number of benzene rings is 2. The Kier molecular flexibility index (Phi) is 7.01. The van der Waals surface area contributed by atoms with E-state index >= 15 is 4.39 Å². The molecule has 4 aromatic rings. The number of rotatable bonds is 5. The van der Waals surface area contributed by atoms with Crippen LogP contribution in [0.2, 0.25) is 0 Å². The van der Waals surface area contributed by atoms with E-state index in [4.69, 9.17) is 4.42 Å². The van der Waals surface area contributed by atoms with Gasteiger partial charge in [0.1, 0.15) is 16.5 Å². The van der Waals surface area contributed by atoms with Crippen molar-refractivity contribution in [2.75, 3.05) is 11.3 Å². The van der Waals surface area contributed by atoms with Crippen LogP contribution in [0.25, 0.3) is 11.1 Å². The summed E-state index contributed by atoms with van der Waals surface area (Å²) in [5.74, 6) is 3.31. The van der Waals surface area contributed by atoms with Gasteiger partial charge >= 0.3 is 5.76 Å². The van der Waals surface area contributed by atoms with Crippen LogP contribution in [0.1, 0.15) is 43.4 Å². The molecular formula is C27H24F2N4O4S. The fraction of sp³-hybridized carbons (Fsp3) is 0.259. The van der Waals surface area contributed by atoms with Crippen molar-refractivity contribution in [2.45, 2.75) is 43.2 Å². The smallest absolute Gasteiger partial charge is 0.408 e. The number of oxazole rings is 1. The topological polar surface area (TPSA) is 106 Å².